The third-order valence-electron chi connectivity index (χ3n) is 21.3. The van der Waals surface area contributed by atoms with Crippen LogP contribution in [0.1, 0.15) is 136 Å². The first-order chi connectivity index (χ1) is 58.4. The van der Waals surface area contributed by atoms with Gasteiger partial charge in [-0.3, -0.25) is 0 Å². The largest absolute Gasteiger partial charge is 0.478 e. The van der Waals surface area contributed by atoms with Crippen molar-refractivity contribution in [2.75, 3.05) is 100 Å². The molecule has 37 heteroatoms. The Morgan fingerprint density at radius 3 is 1.01 bits per heavy atom. The smallest absolute Gasteiger partial charge is 0.335 e. The van der Waals surface area contributed by atoms with E-state index in [-0.39, 0.29) is 32.1 Å². The summed E-state index contributed by atoms with van der Waals surface area (Å²) in [7, 11) is 0. The summed E-state index contributed by atoms with van der Waals surface area (Å²) >= 11 is 30.7. The molecule has 4 aliphatic heterocycles. The van der Waals surface area contributed by atoms with Crippen molar-refractivity contribution in [2.45, 2.75) is 134 Å². The molecule has 636 valence electrons. The predicted molar refractivity (Wildman–Crippen MR) is 468 cm³/mol. The van der Waals surface area contributed by atoms with Crippen molar-refractivity contribution in [1.82, 2.24) is 60.5 Å². The topological polar surface area (TPSA) is 445 Å². The Morgan fingerprint density at radius 1 is 0.383 bits per heavy atom. The number of anilines is 4. The van der Waals surface area contributed by atoms with E-state index in [1.54, 1.807) is 36.4 Å². The number of carboxylic acid groups (broad SMARTS) is 2. The van der Waals surface area contributed by atoms with E-state index < -0.39 is 11.9 Å². The minimum absolute atomic E-state index is 0.0639. The summed E-state index contributed by atoms with van der Waals surface area (Å²) in [5.41, 5.74) is 26.1. The van der Waals surface area contributed by atoms with Crippen LogP contribution in [0.25, 0.3) is 89.4 Å². The van der Waals surface area contributed by atoms with Crippen LogP contribution < -0.4 is 38.5 Å². The van der Waals surface area contributed by atoms with Crippen LogP contribution in [0.2, 0.25) is 21.0 Å². The van der Waals surface area contributed by atoms with E-state index >= 15 is 0 Å². The van der Waals surface area contributed by atoms with Crippen molar-refractivity contribution in [1.29, 1.82) is 0 Å². The number of rotatable bonds is 18. The Morgan fingerprint density at radius 2 is 0.683 bits per heavy atom. The highest BCUT2D eigenvalue weighted by atomic mass is 79.9. The summed E-state index contributed by atoms with van der Waals surface area (Å²) < 4.78 is 45.2. The molecule has 0 bridgehead atoms. The first-order valence-corrected chi connectivity index (χ1v) is 43.5. The first-order valence-electron chi connectivity index (χ1n) is 40.4. The molecule has 19 rings (SSSR count). The normalized spacial score (nSPS) is 16.7. The molecule has 4 saturated heterocycles. The number of hydrogen-bond acceptors (Lipinski definition) is 29. The molecule has 120 heavy (non-hydrogen) atoms. The molecule has 0 amide bonds. The van der Waals surface area contributed by atoms with Gasteiger partial charge in [-0.25, -0.2) is 34.5 Å². The van der Waals surface area contributed by atoms with E-state index in [2.05, 4.69) is 104 Å². The summed E-state index contributed by atoms with van der Waals surface area (Å²) in [6.07, 6.45) is 20.8. The van der Waals surface area contributed by atoms with Gasteiger partial charge in [0.05, 0.1) is 11.1 Å². The number of nitrogens with zero attached hydrogens (tertiary/aromatic N) is 12. The monoisotopic (exact) mass is 1850 g/mol. The third-order valence-corrected chi connectivity index (χ3v) is 23.1. The lowest BCUT2D eigenvalue weighted by Crippen LogP contribution is -2.23. The van der Waals surface area contributed by atoms with Gasteiger partial charge in [0.2, 0.25) is 44.1 Å². The molecule has 12 aromatic rings. The highest BCUT2D eigenvalue weighted by Crippen LogP contribution is 2.38. The molecule has 4 aromatic carbocycles. The van der Waals surface area contributed by atoms with Crippen LogP contribution in [0.4, 0.5) is 23.4 Å². The molecule has 3 aliphatic carbocycles. The van der Waals surface area contributed by atoms with E-state index in [0.29, 0.717) is 132 Å². The third kappa shape index (κ3) is 25.1. The molecular weight excluding hydrogens is 1760 g/mol. The molecule has 0 atom stereocenters. The number of fused-ring (bicyclic) bond motifs is 4. The zero-order chi connectivity index (χ0) is 83.9. The second-order valence-electron chi connectivity index (χ2n) is 30.1. The highest BCUT2D eigenvalue weighted by molar-refractivity contribution is 9.10. The van der Waals surface area contributed by atoms with E-state index in [1.807, 2.05) is 48.5 Å². The molecule has 31 nitrogen and oxygen atoms in total. The minimum atomic E-state index is -0.989. The number of aromatic nitrogens is 12. The quantitative estimate of drug-likeness (QED) is 0.0284. The van der Waals surface area contributed by atoms with Crippen LogP contribution in [0, 0.1) is 23.7 Å². The Hall–Kier alpha value is -8.94. The van der Waals surface area contributed by atoms with Crippen molar-refractivity contribution in [3.63, 3.8) is 0 Å². The lowest BCUT2D eigenvalue weighted by Gasteiger charge is -2.22. The Kier molecular flexibility index (Phi) is 32.7. The zero-order valence-electron chi connectivity index (χ0n) is 65.8. The molecule has 0 radical (unpaired) electrons. The number of aromatic carboxylic acids is 2. The second-order valence-corrected chi connectivity index (χ2v) is 33.3. The standard InChI is InChI=1S/C23H27N5O4.C18H17ClN4O4.C17H16BrClN4O2.C11H4BrCl2N3O.C6H13NO.C5H11N.C3H7N/c29-22(30)16-7-5-15(6-8-16)18-19-20(32-28-18)21(24-13-14-9-11-31-12-10-14)27-23(26-19)25-17-3-1-2-4-17;19-18-21-14-13(11-1-3-12(4-2-11)17(24)25)23-27-15(14)16(22-18)20-9-10-5-7-26-8-6-10;18-12-3-1-11(2-4-12)13-14-15(25-23-13)16(22-17(19)21-14)20-9-10-5-7-24-8-6-10;12-6-3-1-5(2-4-6)7-8-9(18-17-7)10(13)16-11(14)15-8;7-5-6-1-3-8-4-2-6;6-5-3-1-2-4-5;4-3-1-2-3/h5-8,14,17H,1-4,9-13H2,(H,29,30)(H2,24,25,26,27);1-4,10H,5-9H2,(H,24,25)(H,20,21,22);1-4,10H,5-9H2,(H,20,21,22);1-4H;6H,1-5,7H2;5H,1-4,6H2;3H,1-2,4H2. The molecule has 8 aromatic heterocycles. The number of hydrogen-bond donors (Lipinski definition) is 9. The molecule has 3 saturated carbocycles. The van der Waals surface area contributed by atoms with Crippen molar-refractivity contribution < 1.29 is 56.8 Å². The van der Waals surface area contributed by atoms with Crippen LogP contribution in [0.3, 0.4) is 0 Å². The van der Waals surface area contributed by atoms with Gasteiger partial charge in [0.1, 0.15) is 44.8 Å². The minimum Gasteiger partial charge on any atom is -0.478 e. The fourth-order valence-electron chi connectivity index (χ4n) is 14.0. The van der Waals surface area contributed by atoms with Gasteiger partial charge in [-0.05, 0) is 203 Å². The molecule has 0 unspecified atom stereocenters. The van der Waals surface area contributed by atoms with Gasteiger partial charge in [-0.2, -0.15) is 15.0 Å². The SMILES string of the molecule is Clc1nc(Cl)c2onc(-c3ccc(Br)cc3)c2n1.Clc1nc(NCC2CCOCC2)c2onc(-c3ccc(Br)cc3)c2n1.NC1CC1.NC1CCCC1.NCC1CCOCC1.O=C(O)c1ccc(-c2noc3c(NCC4CCOCC4)nc(Cl)nc23)cc1.O=C(O)c1ccc(-c2noc3c(NCC4CCOCC4)nc(NC4CCCC4)nc23)cc1. The van der Waals surface area contributed by atoms with Crippen LogP contribution in [-0.4, -0.2) is 180 Å². The lowest BCUT2D eigenvalue weighted by molar-refractivity contribution is 0.0686. The predicted octanol–water partition coefficient (Wildman–Crippen LogP) is 17.9. The number of nitrogens with two attached hydrogens (primary N) is 3. The Bertz CT molecular complexity index is 5290. The summed E-state index contributed by atoms with van der Waals surface area (Å²) in [4.78, 5) is 56.6. The number of carbonyl (C=O) groups is 2. The Balaban J connectivity index is 0.000000130. The van der Waals surface area contributed by atoms with Crippen molar-refractivity contribution in [2.24, 2.45) is 40.9 Å². The number of halogens is 6. The van der Waals surface area contributed by atoms with Crippen molar-refractivity contribution in [3.8, 4) is 45.0 Å². The summed E-state index contributed by atoms with van der Waals surface area (Å²) in [6, 6.07) is 29.8. The van der Waals surface area contributed by atoms with E-state index in [0.717, 1.165) is 175 Å². The average molecular weight is 1850 g/mol. The summed E-state index contributed by atoms with van der Waals surface area (Å²) in [5, 5.41) is 48.7. The molecule has 12 N–H and O–H groups in total. The van der Waals surface area contributed by atoms with Gasteiger partial charge >= 0.3 is 11.9 Å². The van der Waals surface area contributed by atoms with Crippen LogP contribution in [0.15, 0.2) is 124 Å². The van der Waals surface area contributed by atoms with Gasteiger partial charge in [0.25, 0.3) is 0 Å². The van der Waals surface area contributed by atoms with E-state index in [4.69, 9.17) is 116 Å². The van der Waals surface area contributed by atoms with E-state index in [1.165, 1.54) is 63.5 Å². The van der Waals surface area contributed by atoms with Crippen molar-refractivity contribution >= 4 is 158 Å². The number of benzene rings is 4. The molecule has 7 aliphatic rings. The number of ether oxygens (including phenoxy) is 4. The summed E-state index contributed by atoms with van der Waals surface area (Å²) in [6.45, 7) is 9.71. The average Bonchev–Trinajstić information content (AvgIpc) is 1.63. The van der Waals surface area contributed by atoms with Crippen molar-refractivity contribution in [3.05, 3.63) is 138 Å². The second kappa shape index (κ2) is 44.2. The number of carboxylic acids is 2. The maximum absolute atomic E-state index is 11.2. The first kappa shape index (κ1) is 88.8. The van der Waals surface area contributed by atoms with Gasteiger partial charge < -0.3 is 85.7 Å². The highest BCUT2D eigenvalue weighted by Gasteiger charge is 2.27. The molecule has 7 fully saturated rings. The van der Waals surface area contributed by atoms with Gasteiger partial charge in [-0.15, -0.1) is 0 Å². The lowest BCUT2D eigenvalue weighted by atomic mass is 10.0. The maximum atomic E-state index is 11.2. The molecular formula is C83H95Br2Cl4N19O12. The van der Waals surface area contributed by atoms with Crippen LogP contribution in [-0.2, 0) is 18.9 Å². The van der Waals surface area contributed by atoms with E-state index in [9.17, 15) is 14.7 Å². The van der Waals surface area contributed by atoms with Crippen LogP contribution >= 0.6 is 78.3 Å². The number of nitrogens with one attached hydrogen (secondary N) is 4. The fourth-order valence-corrected chi connectivity index (χ4v) is 15.3. The van der Waals surface area contributed by atoms with Crippen LogP contribution in [0.5, 0.6) is 0 Å². The maximum Gasteiger partial charge on any atom is 0.335 e. The van der Waals surface area contributed by atoms with Gasteiger partial charge in [-0.1, -0.05) is 138 Å². The zero-order valence-corrected chi connectivity index (χ0v) is 72.0. The molecule has 0 spiro atoms. The summed E-state index contributed by atoms with van der Waals surface area (Å²) in [5.74, 6) is 2.61. The Labute approximate surface area is 728 Å². The van der Waals surface area contributed by atoms with Gasteiger partial charge in [0.15, 0.2) is 22.6 Å². The van der Waals surface area contributed by atoms with Gasteiger partial charge in [0, 0.05) is 122 Å². The molecule has 12 heterocycles. The fraction of sp³-hybridized carbons (Fsp3) is 0.446.